The lowest BCUT2D eigenvalue weighted by Gasteiger charge is -2.08. The lowest BCUT2D eigenvalue weighted by molar-refractivity contribution is -0.385. The van der Waals surface area contributed by atoms with Crippen molar-refractivity contribution in [2.75, 3.05) is 11.5 Å². The summed E-state index contributed by atoms with van der Waals surface area (Å²) in [5.74, 6) is -0.887. The van der Waals surface area contributed by atoms with E-state index in [1.165, 1.54) is 24.3 Å². The van der Waals surface area contributed by atoms with Crippen molar-refractivity contribution in [3.63, 3.8) is 0 Å². The Kier molecular flexibility index (Phi) is 7.07. The summed E-state index contributed by atoms with van der Waals surface area (Å²) in [6, 6.07) is 14.1. The Balaban J connectivity index is 0.000000262. The van der Waals surface area contributed by atoms with E-state index in [0.717, 1.165) is 17.7 Å². The molecule has 31 heavy (non-hydrogen) atoms. The summed E-state index contributed by atoms with van der Waals surface area (Å²) in [7, 11) is 0. The topological polar surface area (TPSA) is 185 Å². The summed E-state index contributed by atoms with van der Waals surface area (Å²) < 4.78 is 5.13. The molecule has 0 spiro atoms. The third kappa shape index (κ3) is 5.90. The zero-order valence-electron chi connectivity index (χ0n) is 16.2. The highest BCUT2D eigenvalue weighted by atomic mass is 16.6. The molecule has 3 aromatic carbocycles. The molecule has 0 heterocycles. The number of nitrogens with zero attached hydrogens (tertiary/aromatic N) is 2. The Hall–Kier alpha value is -4.67. The molecule has 0 radical (unpaired) electrons. The van der Waals surface area contributed by atoms with E-state index in [1.54, 1.807) is 31.2 Å². The SMILES string of the molecule is Cc1ccccc1C(=O)Oc1cc([N+](=O)[O-])ccc1N.Nc1ccc([N+](=O)[O-])cc1O. The Bertz CT molecular complexity index is 1150. The van der Waals surface area contributed by atoms with Gasteiger partial charge >= 0.3 is 5.97 Å². The number of phenols is 1. The van der Waals surface area contributed by atoms with E-state index in [1.807, 2.05) is 0 Å². The van der Waals surface area contributed by atoms with E-state index in [0.29, 0.717) is 5.56 Å². The van der Waals surface area contributed by atoms with Crippen LogP contribution in [0.3, 0.4) is 0 Å². The van der Waals surface area contributed by atoms with Crippen LogP contribution in [-0.2, 0) is 0 Å². The van der Waals surface area contributed by atoms with Gasteiger partial charge < -0.3 is 21.3 Å². The first-order chi connectivity index (χ1) is 14.6. The van der Waals surface area contributed by atoms with Gasteiger partial charge in [-0.05, 0) is 30.7 Å². The fourth-order valence-electron chi connectivity index (χ4n) is 2.33. The minimum Gasteiger partial charge on any atom is -0.506 e. The van der Waals surface area contributed by atoms with Gasteiger partial charge in [0.15, 0.2) is 5.75 Å². The number of nitrogen functional groups attached to an aromatic ring is 2. The average molecular weight is 426 g/mol. The van der Waals surface area contributed by atoms with E-state index in [-0.39, 0.29) is 34.2 Å². The second-order valence-electron chi connectivity index (χ2n) is 6.18. The molecule has 11 nitrogen and oxygen atoms in total. The maximum absolute atomic E-state index is 12.0. The van der Waals surface area contributed by atoms with E-state index < -0.39 is 15.8 Å². The Labute approximate surface area is 175 Å². The van der Waals surface area contributed by atoms with E-state index >= 15 is 0 Å². The molecular weight excluding hydrogens is 408 g/mol. The number of anilines is 2. The van der Waals surface area contributed by atoms with Gasteiger partial charge in [0.1, 0.15) is 5.75 Å². The number of phenolic OH excluding ortho intramolecular Hbond substituents is 1. The highest BCUT2D eigenvalue weighted by Crippen LogP contribution is 2.28. The standard InChI is InChI=1S/C14H12N2O4.C6H6N2O3/c1-9-4-2-3-5-11(9)14(17)20-13-8-10(16(18)19)6-7-12(13)15;7-5-2-1-4(8(10)11)3-6(5)9/h2-8H,15H2,1H3;1-3,9H,7H2. The predicted molar refractivity (Wildman–Crippen MR) is 113 cm³/mol. The van der Waals surface area contributed by atoms with Crippen molar-refractivity contribution in [1.82, 2.24) is 0 Å². The van der Waals surface area contributed by atoms with Crippen molar-refractivity contribution in [2.45, 2.75) is 6.92 Å². The molecule has 160 valence electrons. The summed E-state index contributed by atoms with van der Waals surface area (Å²) >= 11 is 0. The number of benzene rings is 3. The summed E-state index contributed by atoms with van der Waals surface area (Å²) in [5, 5.41) is 29.7. The third-order valence-corrected chi connectivity index (χ3v) is 4.00. The molecular formula is C20H18N4O7. The molecule has 0 fully saturated rings. The van der Waals surface area contributed by atoms with Gasteiger partial charge in [0.05, 0.1) is 38.9 Å². The summed E-state index contributed by atoms with van der Waals surface area (Å²) in [6.45, 7) is 1.77. The number of carbonyl (C=O) groups is 1. The van der Waals surface area contributed by atoms with Gasteiger partial charge in [-0.3, -0.25) is 20.2 Å². The van der Waals surface area contributed by atoms with Crippen molar-refractivity contribution in [2.24, 2.45) is 0 Å². The van der Waals surface area contributed by atoms with Gasteiger partial charge in [-0.15, -0.1) is 0 Å². The van der Waals surface area contributed by atoms with Crippen LogP contribution in [0.5, 0.6) is 11.5 Å². The maximum atomic E-state index is 12.0. The highest BCUT2D eigenvalue weighted by Gasteiger charge is 2.16. The first kappa shape index (κ1) is 22.6. The van der Waals surface area contributed by atoms with Crippen LogP contribution in [-0.4, -0.2) is 20.9 Å². The molecule has 5 N–H and O–H groups in total. The fraction of sp³-hybridized carbons (Fsp3) is 0.0500. The molecule has 0 saturated carbocycles. The average Bonchev–Trinajstić information content (AvgIpc) is 2.72. The van der Waals surface area contributed by atoms with Gasteiger partial charge in [-0.1, -0.05) is 18.2 Å². The highest BCUT2D eigenvalue weighted by molar-refractivity contribution is 5.93. The van der Waals surface area contributed by atoms with Gasteiger partial charge in [0.25, 0.3) is 11.4 Å². The number of esters is 1. The van der Waals surface area contributed by atoms with Crippen molar-refractivity contribution in [3.05, 3.63) is 92.0 Å². The van der Waals surface area contributed by atoms with Gasteiger partial charge in [0, 0.05) is 12.1 Å². The number of nitro groups is 2. The van der Waals surface area contributed by atoms with E-state index in [2.05, 4.69) is 0 Å². The number of non-ortho nitro benzene ring substituents is 2. The largest absolute Gasteiger partial charge is 0.506 e. The normalized spacial score (nSPS) is 9.84. The maximum Gasteiger partial charge on any atom is 0.343 e. The molecule has 0 aliphatic rings. The number of nitrogens with two attached hydrogens (primary N) is 2. The summed E-state index contributed by atoms with van der Waals surface area (Å²) in [6.07, 6.45) is 0. The van der Waals surface area contributed by atoms with Crippen molar-refractivity contribution in [3.8, 4) is 11.5 Å². The van der Waals surface area contributed by atoms with Crippen LogP contribution in [0.15, 0.2) is 60.7 Å². The van der Waals surface area contributed by atoms with E-state index in [9.17, 15) is 25.0 Å². The monoisotopic (exact) mass is 426 g/mol. The van der Waals surface area contributed by atoms with Gasteiger partial charge in [-0.2, -0.15) is 0 Å². The van der Waals surface area contributed by atoms with Gasteiger partial charge in [-0.25, -0.2) is 4.79 Å². The molecule has 0 aliphatic heterocycles. The number of ether oxygens (including phenoxy) is 1. The Morgan fingerprint density at radius 1 is 0.903 bits per heavy atom. The molecule has 0 aliphatic carbocycles. The Morgan fingerprint density at radius 3 is 2.00 bits per heavy atom. The van der Waals surface area contributed by atoms with Crippen LogP contribution in [0.25, 0.3) is 0 Å². The number of nitro benzene ring substituents is 2. The molecule has 11 heteroatoms. The van der Waals surface area contributed by atoms with Crippen LogP contribution >= 0.6 is 0 Å². The zero-order chi connectivity index (χ0) is 23.1. The number of aromatic hydroxyl groups is 1. The summed E-state index contributed by atoms with van der Waals surface area (Å²) in [4.78, 5) is 31.7. The molecule has 0 saturated heterocycles. The second kappa shape index (κ2) is 9.69. The Morgan fingerprint density at radius 2 is 1.45 bits per heavy atom. The lowest BCUT2D eigenvalue weighted by atomic mass is 10.1. The zero-order valence-corrected chi connectivity index (χ0v) is 16.2. The van der Waals surface area contributed by atoms with Gasteiger partial charge in [0.2, 0.25) is 0 Å². The lowest BCUT2D eigenvalue weighted by Crippen LogP contribution is -2.11. The second-order valence-corrected chi connectivity index (χ2v) is 6.18. The van der Waals surface area contributed by atoms with Crippen LogP contribution in [0, 0.1) is 27.2 Å². The van der Waals surface area contributed by atoms with Crippen LogP contribution in [0.2, 0.25) is 0 Å². The minimum atomic E-state index is -0.602. The number of rotatable bonds is 4. The predicted octanol–water partition coefficient (Wildman–Crippen LogP) is 3.59. The minimum absolute atomic E-state index is 0.0209. The quantitative estimate of drug-likeness (QED) is 0.140. The van der Waals surface area contributed by atoms with Crippen molar-refractivity contribution < 1.29 is 24.5 Å². The van der Waals surface area contributed by atoms with Crippen LogP contribution < -0.4 is 16.2 Å². The molecule has 3 rings (SSSR count). The van der Waals surface area contributed by atoms with Crippen LogP contribution in [0.1, 0.15) is 15.9 Å². The van der Waals surface area contributed by atoms with E-state index in [4.69, 9.17) is 21.3 Å². The molecule has 0 aromatic heterocycles. The van der Waals surface area contributed by atoms with Crippen molar-refractivity contribution in [1.29, 1.82) is 0 Å². The van der Waals surface area contributed by atoms with Crippen LogP contribution in [0.4, 0.5) is 22.7 Å². The molecule has 0 amide bonds. The third-order valence-electron chi connectivity index (χ3n) is 4.00. The molecule has 0 unspecified atom stereocenters. The number of aryl methyl sites for hydroxylation is 1. The number of carbonyl (C=O) groups excluding carboxylic acids is 1. The first-order valence-corrected chi connectivity index (χ1v) is 8.64. The smallest absolute Gasteiger partial charge is 0.343 e. The molecule has 0 atom stereocenters. The van der Waals surface area contributed by atoms with Crippen molar-refractivity contribution >= 4 is 28.7 Å². The molecule has 3 aromatic rings. The fourth-order valence-corrected chi connectivity index (χ4v) is 2.33. The first-order valence-electron chi connectivity index (χ1n) is 8.64. The summed E-state index contributed by atoms with van der Waals surface area (Å²) in [5.41, 5.74) is 12.0. The number of hydrogen-bond donors (Lipinski definition) is 3. The number of hydrogen-bond acceptors (Lipinski definition) is 9. The molecule has 0 bridgehead atoms.